The van der Waals surface area contributed by atoms with Crippen LogP contribution >= 0.6 is 23.4 Å². The van der Waals surface area contributed by atoms with Crippen LogP contribution in [-0.2, 0) is 15.0 Å². The fourth-order valence-electron chi connectivity index (χ4n) is 6.52. The Labute approximate surface area is 231 Å². The van der Waals surface area contributed by atoms with Gasteiger partial charge in [0, 0.05) is 22.9 Å². The second-order valence-electron chi connectivity index (χ2n) is 12.0. The Morgan fingerprint density at radius 1 is 1.18 bits per heavy atom. The maximum Gasteiger partial charge on any atom is 0.238 e. The normalized spacial score (nSPS) is 31.0. The van der Waals surface area contributed by atoms with E-state index in [2.05, 4.69) is 31.4 Å². The predicted octanol–water partition coefficient (Wildman–Crippen LogP) is 5.47. The number of halogens is 3. The second kappa shape index (κ2) is 10.2. The smallest absolute Gasteiger partial charge is 0.238 e. The summed E-state index contributed by atoms with van der Waals surface area (Å²) < 4.78 is 30.0. The lowest BCUT2D eigenvalue weighted by Crippen LogP contribution is -2.49. The highest BCUT2D eigenvalue weighted by Gasteiger charge is 2.66. The lowest BCUT2D eigenvalue weighted by molar-refractivity contribution is -0.124. The minimum absolute atomic E-state index is 0.0882. The summed E-state index contributed by atoms with van der Waals surface area (Å²) in [5.41, 5.74) is -0.749. The van der Waals surface area contributed by atoms with E-state index in [1.54, 1.807) is 18.2 Å². The Bertz CT molecular complexity index is 1260. The Hall–Kier alpha value is -2.00. The van der Waals surface area contributed by atoms with Gasteiger partial charge in [0.25, 0.3) is 0 Å². The molecule has 3 aliphatic rings. The average molecular weight is 563 g/mol. The summed E-state index contributed by atoms with van der Waals surface area (Å²) in [4.78, 5) is 28.5. The SMILES string of the molecule is CC(C)(C)C[C@H]1N[C@@H](C(=O)NC2CCC(O)CC2)[C@H](c2cccc(Cl)c2F)[C@@]12C(=O)Sc1cc(F)ccc12. The number of thioether (sulfide) groups is 1. The topological polar surface area (TPSA) is 78.4 Å². The second-order valence-corrected chi connectivity index (χ2v) is 13.4. The molecule has 0 unspecified atom stereocenters. The molecule has 5 rings (SSSR count). The van der Waals surface area contributed by atoms with Crippen molar-refractivity contribution in [1.82, 2.24) is 10.6 Å². The molecule has 2 aliphatic heterocycles. The number of carbonyl (C=O) groups excluding carboxylic acids is 2. The van der Waals surface area contributed by atoms with Crippen molar-refractivity contribution < 1.29 is 23.5 Å². The summed E-state index contributed by atoms with van der Waals surface area (Å²) in [6.45, 7) is 6.16. The van der Waals surface area contributed by atoms with Crippen molar-refractivity contribution >= 4 is 34.4 Å². The summed E-state index contributed by atoms with van der Waals surface area (Å²) >= 11 is 7.18. The van der Waals surface area contributed by atoms with Crippen LogP contribution in [0.5, 0.6) is 0 Å². The fraction of sp³-hybridized carbons (Fsp3) is 0.517. The van der Waals surface area contributed by atoms with Gasteiger partial charge < -0.3 is 15.7 Å². The number of amides is 1. The third kappa shape index (κ3) is 4.78. The minimum atomic E-state index is -1.31. The zero-order valence-electron chi connectivity index (χ0n) is 21.7. The monoisotopic (exact) mass is 562 g/mol. The number of hydrogen-bond acceptors (Lipinski definition) is 5. The van der Waals surface area contributed by atoms with E-state index in [0.717, 1.165) is 11.8 Å². The molecule has 0 aromatic heterocycles. The molecule has 2 heterocycles. The summed E-state index contributed by atoms with van der Waals surface area (Å²) in [7, 11) is 0. The van der Waals surface area contributed by atoms with E-state index in [0.29, 0.717) is 42.6 Å². The van der Waals surface area contributed by atoms with Crippen LogP contribution in [0.15, 0.2) is 41.3 Å². The van der Waals surface area contributed by atoms with Gasteiger partial charge in [-0.1, -0.05) is 62.3 Å². The minimum Gasteiger partial charge on any atom is -0.393 e. The van der Waals surface area contributed by atoms with Gasteiger partial charge in [-0.2, -0.15) is 0 Å². The summed E-state index contributed by atoms with van der Waals surface area (Å²) in [5.74, 6) is -2.35. The van der Waals surface area contributed by atoms with E-state index in [4.69, 9.17) is 11.6 Å². The van der Waals surface area contributed by atoms with Crippen LogP contribution in [-0.4, -0.2) is 40.4 Å². The first-order chi connectivity index (χ1) is 17.9. The van der Waals surface area contributed by atoms with Gasteiger partial charge in [0.05, 0.1) is 22.6 Å². The third-order valence-corrected chi connectivity index (χ3v) is 9.52. The van der Waals surface area contributed by atoms with Crippen molar-refractivity contribution in [3.8, 4) is 0 Å². The number of aliphatic hydroxyl groups is 1. The molecule has 204 valence electrons. The molecule has 2 aromatic carbocycles. The lowest BCUT2D eigenvalue weighted by atomic mass is 9.62. The van der Waals surface area contributed by atoms with Crippen LogP contribution in [0.2, 0.25) is 5.02 Å². The molecule has 1 saturated carbocycles. The van der Waals surface area contributed by atoms with Crippen LogP contribution in [0, 0.1) is 17.0 Å². The van der Waals surface area contributed by atoms with E-state index < -0.39 is 35.1 Å². The van der Waals surface area contributed by atoms with Gasteiger partial charge in [0.2, 0.25) is 11.0 Å². The molecule has 5 nitrogen and oxygen atoms in total. The highest BCUT2D eigenvalue weighted by atomic mass is 35.5. The molecular weight excluding hydrogens is 530 g/mol. The molecule has 1 aliphatic carbocycles. The van der Waals surface area contributed by atoms with Crippen LogP contribution in [0.3, 0.4) is 0 Å². The predicted molar refractivity (Wildman–Crippen MR) is 144 cm³/mol. The maximum atomic E-state index is 15.8. The van der Waals surface area contributed by atoms with Crippen LogP contribution in [0.25, 0.3) is 0 Å². The number of nitrogens with one attached hydrogen (secondary N) is 2. The summed E-state index contributed by atoms with van der Waals surface area (Å²) in [6, 6.07) is 7.37. The largest absolute Gasteiger partial charge is 0.393 e. The molecule has 4 atom stereocenters. The number of rotatable bonds is 4. The van der Waals surface area contributed by atoms with E-state index in [1.165, 1.54) is 18.2 Å². The summed E-state index contributed by atoms with van der Waals surface area (Å²) in [5, 5.41) is 16.1. The fourth-order valence-corrected chi connectivity index (χ4v) is 7.97. The van der Waals surface area contributed by atoms with Crippen LogP contribution in [0.1, 0.15) is 69.9 Å². The molecule has 38 heavy (non-hydrogen) atoms. The van der Waals surface area contributed by atoms with Crippen molar-refractivity contribution in [2.24, 2.45) is 5.41 Å². The van der Waals surface area contributed by atoms with Crippen molar-refractivity contribution in [1.29, 1.82) is 0 Å². The quantitative estimate of drug-likeness (QED) is 0.461. The zero-order chi connectivity index (χ0) is 27.4. The third-order valence-electron chi connectivity index (χ3n) is 8.14. The lowest BCUT2D eigenvalue weighted by Gasteiger charge is -2.38. The highest BCUT2D eigenvalue weighted by Crippen LogP contribution is 2.60. The Kier molecular flexibility index (Phi) is 7.39. The molecule has 2 aromatic rings. The van der Waals surface area contributed by atoms with Crippen molar-refractivity contribution in [2.75, 3.05) is 0 Å². The van der Waals surface area contributed by atoms with Crippen LogP contribution < -0.4 is 10.6 Å². The number of carbonyl (C=O) groups is 2. The van der Waals surface area contributed by atoms with Gasteiger partial charge in [0.1, 0.15) is 11.6 Å². The maximum absolute atomic E-state index is 15.8. The Morgan fingerprint density at radius 3 is 2.58 bits per heavy atom. The number of aliphatic hydroxyl groups excluding tert-OH is 1. The summed E-state index contributed by atoms with van der Waals surface area (Å²) in [6.07, 6.45) is 2.63. The molecule has 3 N–H and O–H groups in total. The molecule has 1 saturated heterocycles. The molecule has 2 fully saturated rings. The van der Waals surface area contributed by atoms with E-state index >= 15 is 4.39 Å². The van der Waals surface area contributed by atoms with Gasteiger partial charge in [0.15, 0.2) is 0 Å². The zero-order valence-corrected chi connectivity index (χ0v) is 23.3. The van der Waals surface area contributed by atoms with Crippen LogP contribution in [0.4, 0.5) is 8.78 Å². The molecule has 0 bridgehead atoms. The van der Waals surface area contributed by atoms with Gasteiger partial charge in [-0.05, 0) is 66.8 Å². The average Bonchev–Trinajstić information content (AvgIpc) is 3.31. The molecule has 1 amide bonds. The first-order valence-corrected chi connectivity index (χ1v) is 14.3. The molecule has 0 radical (unpaired) electrons. The number of benzene rings is 2. The number of hydrogen-bond donors (Lipinski definition) is 3. The van der Waals surface area contributed by atoms with Crippen molar-refractivity contribution in [2.45, 2.75) is 93.3 Å². The molecular formula is C29H33ClF2N2O3S. The number of fused-ring (bicyclic) bond motifs is 2. The Balaban J connectivity index is 1.67. The highest BCUT2D eigenvalue weighted by molar-refractivity contribution is 8.14. The van der Waals surface area contributed by atoms with Gasteiger partial charge >= 0.3 is 0 Å². The van der Waals surface area contributed by atoms with E-state index in [9.17, 15) is 19.1 Å². The molecule has 9 heteroatoms. The molecule has 1 spiro atoms. The Morgan fingerprint density at radius 2 is 1.89 bits per heavy atom. The van der Waals surface area contributed by atoms with Gasteiger partial charge in [-0.3, -0.25) is 9.59 Å². The van der Waals surface area contributed by atoms with Crippen molar-refractivity contribution in [3.63, 3.8) is 0 Å². The van der Waals surface area contributed by atoms with E-state index in [1.807, 2.05) is 0 Å². The van der Waals surface area contributed by atoms with Gasteiger partial charge in [-0.15, -0.1) is 0 Å². The standard InChI is InChI=1S/C29H33ClF2N2O3S/c1-28(2,3)14-22-29(19-12-7-15(31)13-21(19)38-27(29)37)23(18-5-4-6-20(30)24(18)32)25(34-22)26(36)33-16-8-10-17(35)11-9-16/h4-7,12-13,16-17,22-23,25,34-35H,8-11,14H2,1-3H3,(H,33,36)/t16?,17?,22-,23+,25-,29+/m1/s1. The first kappa shape index (κ1) is 27.6. The van der Waals surface area contributed by atoms with E-state index in [-0.39, 0.29) is 39.2 Å². The van der Waals surface area contributed by atoms with Crippen molar-refractivity contribution in [3.05, 3.63) is 64.2 Å². The van der Waals surface area contributed by atoms with Gasteiger partial charge in [-0.25, -0.2) is 8.78 Å². The first-order valence-electron chi connectivity index (χ1n) is 13.1.